The number of piperazine rings is 1. The second kappa shape index (κ2) is 11.1. The molecule has 0 aliphatic carbocycles. The average Bonchev–Trinajstić information content (AvgIpc) is 3.40. The number of rotatable bonds is 8. The molecule has 9 heteroatoms. The van der Waals surface area contributed by atoms with Crippen LogP contribution in [0.3, 0.4) is 0 Å². The van der Waals surface area contributed by atoms with Crippen LogP contribution in [0.15, 0.2) is 60.1 Å². The van der Waals surface area contributed by atoms with Crippen molar-refractivity contribution in [2.75, 3.05) is 56.7 Å². The fraction of sp³-hybridized carbons (Fsp3) is 0.345. The number of hydrogen-bond donors (Lipinski definition) is 2. The van der Waals surface area contributed by atoms with Crippen LogP contribution < -0.4 is 15.5 Å². The van der Waals surface area contributed by atoms with Crippen molar-refractivity contribution < 1.29 is 9.53 Å². The van der Waals surface area contributed by atoms with Crippen molar-refractivity contribution in [2.24, 2.45) is 5.92 Å². The Morgan fingerprint density at radius 1 is 1.08 bits per heavy atom. The van der Waals surface area contributed by atoms with Gasteiger partial charge in [-0.2, -0.15) is 10.2 Å². The Morgan fingerprint density at radius 3 is 2.71 bits per heavy atom. The van der Waals surface area contributed by atoms with E-state index in [0.717, 1.165) is 61.5 Å². The number of aromatic nitrogens is 2. The van der Waals surface area contributed by atoms with E-state index in [-0.39, 0.29) is 11.8 Å². The number of benzene rings is 2. The van der Waals surface area contributed by atoms with Crippen molar-refractivity contribution in [3.8, 4) is 11.1 Å². The highest BCUT2D eigenvalue weighted by molar-refractivity contribution is 7.10. The fourth-order valence-electron chi connectivity index (χ4n) is 5.15. The van der Waals surface area contributed by atoms with Crippen molar-refractivity contribution in [3.05, 3.63) is 70.5 Å². The van der Waals surface area contributed by atoms with E-state index in [2.05, 4.69) is 73.6 Å². The molecule has 2 aliphatic heterocycles. The lowest BCUT2D eigenvalue weighted by atomic mass is 10.0. The molecule has 8 nitrogen and oxygen atoms in total. The zero-order valence-corrected chi connectivity index (χ0v) is 22.3. The highest BCUT2D eigenvalue weighted by atomic mass is 32.1. The molecule has 196 valence electrons. The van der Waals surface area contributed by atoms with Crippen molar-refractivity contribution >= 4 is 39.5 Å². The van der Waals surface area contributed by atoms with Gasteiger partial charge < -0.3 is 25.2 Å². The van der Waals surface area contributed by atoms with Crippen LogP contribution >= 0.6 is 11.3 Å². The molecule has 1 amide bonds. The first kappa shape index (κ1) is 24.8. The normalized spacial score (nSPS) is 16.0. The number of ether oxygens (including phenoxy) is 1. The van der Waals surface area contributed by atoms with Gasteiger partial charge in [0, 0.05) is 55.2 Å². The van der Waals surface area contributed by atoms with Gasteiger partial charge in [-0.05, 0) is 53.4 Å². The van der Waals surface area contributed by atoms with Gasteiger partial charge in [-0.15, -0.1) is 11.3 Å². The SMILES string of the molecule is CNCc1ccccc1-c1csc(CNc2cnnc3ccc(N4CCN(C(=O)C5COC5)CC4)cc23)c1. The molecule has 0 unspecified atom stereocenters. The maximum absolute atomic E-state index is 12.6. The molecular weight excluding hydrogens is 496 g/mol. The summed E-state index contributed by atoms with van der Waals surface area (Å²) >= 11 is 1.76. The van der Waals surface area contributed by atoms with E-state index in [9.17, 15) is 4.79 Å². The van der Waals surface area contributed by atoms with Gasteiger partial charge in [0.05, 0.1) is 36.5 Å². The van der Waals surface area contributed by atoms with Crippen LogP contribution in [0.5, 0.6) is 0 Å². The van der Waals surface area contributed by atoms with Gasteiger partial charge >= 0.3 is 0 Å². The van der Waals surface area contributed by atoms with E-state index >= 15 is 0 Å². The van der Waals surface area contributed by atoms with Gasteiger partial charge in [0.25, 0.3) is 0 Å². The summed E-state index contributed by atoms with van der Waals surface area (Å²) in [5.74, 6) is 0.287. The summed E-state index contributed by atoms with van der Waals surface area (Å²) in [4.78, 5) is 18.2. The summed E-state index contributed by atoms with van der Waals surface area (Å²) in [7, 11) is 1.98. The number of anilines is 2. The molecule has 2 fully saturated rings. The van der Waals surface area contributed by atoms with Crippen molar-refractivity contribution in [1.29, 1.82) is 0 Å². The van der Waals surface area contributed by atoms with Crippen LogP contribution in [0.4, 0.5) is 11.4 Å². The zero-order chi connectivity index (χ0) is 25.9. The third kappa shape index (κ3) is 5.09. The van der Waals surface area contributed by atoms with Crippen LogP contribution in [-0.2, 0) is 22.6 Å². The van der Waals surface area contributed by atoms with Crippen LogP contribution in [0.1, 0.15) is 10.4 Å². The van der Waals surface area contributed by atoms with Crippen molar-refractivity contribution in [2.45, 2.75) is 13.1 Å². The molecule has 0 atom stereocenters. The predicted octanol–water partition coefficient (Wildman–Crippen LogP) is 3.98. The Morgan fingerprint density at radius 2 is 1.92 bits per heavy atom. The molecule has 2 aromatic carbocycles. The quantitative estimate of drug-likeness (QED) is 0.358. The van der Waals surface area contributed by atoms with E-state index in [1.54, 1.807) is 17.5 Å². The van der Waals surface area contributed by atoms with Crippen LogP contribution in [0.25, 0.3) is 22.0 Å². The van der Waals surface area contributed by atoms with Gasteiger partial charge in [-0.3, -0.25) is 4.79 Å². The van der Waals surface area contributed by atoms with Gasteiger partial charge in [-0.25, -0.2) is 0 Å². The lowest BCUT2D eigenvalue weighted by Crippen LogP contribution is -2.53. The summed E-state index contributed by atoms with van der Waals surface area (Å²) < 4.78 is 5.20. The van der Waals surface area contributed by atoms with Gasteiger partial charge in [0.1, 0.15) is 0 Å². The van der Waals surface area contributed by atoms with Gasteiger partial charge in [-0.1, -0.05) is 24.3 Å². The minimum atomic E-state index is 0.0527. The topological polar surface area (TPSA) is 82.6 Å². The molecule has 0 bridgehead atoms. The molecule has 0 radical (unpaired) electrons. The molecule has 2 N–H and O–H groups in total. The third-order valence-corrected chi connectivity index (χ3v) is 8.31. The molecule has 38 heavy (non-hydrogen) atoms. The molecule has 2 aliphatic rings. The summed E-state index contributed by atoms with van der Waals surface area (Å²) in [6, 6.07) is 17.1. The molecule has 0 spiro atoms. The van der Waals surface area contributed by atoms with Gasteiger partial charge in [0.2, 0.25) is 5.91 Å². The Balaban J connectivity index is 1.15. The standard InChI is InChI=1S/C29H32N6O2S/c1-30-14-20-4-2-3-5-25(20)21-12-24(38-19-21)15-31-28-16-32-33-27-7-6-23(13-26(27)28)34-8-10-35(11-9-34)29(36)22-17-37-18-22/h2-7,12-13,16,19,22,30H,8-11,14-15,17-18H2,1H3,(H,31,33). The maximum atomic E-state index is 12.6. The first-order chi connectivity index (χ1) is 18.7. The number of hydrogen-bond acceptors (Lipinski definition) is 8. The Kier molecular flexibility index (Phi) is 7.22. The molecule has 4 aromatic rings. The second-order valence-corrected chi connectivity index (χ2v) is 10.8. The number of nitrogens with one attached hydrogen (secondary N) is 2. The fourth-order valence-corrected chi connectivity index (χ4v) is 5.97. The van der Waals surface area contributed by atoms with E-state index in [1.807, 2.05) is 18.0 Å². The summed E-state index contributed by atoms with van der Waals surface area (Å²) in [5, 5.41) is 18.7. The first-order valence-electron chi connectivity index (χ1n) is 13.1. The minimum absolute atomic E-state index is 0.0527. The van der Waals surface area contributed by atoms with Gasteiger partial charge in [0.15, 0.2) is 0 Å². The van der Waals surface area contributed by atoms with Crippen LogP contribution in [0.2, 0.25) is 0 Å². The Hall–Kier alpha value is -3.53. The Labute approximate surface area is 226 Å². The molecule has 2 saturated heterocycles. The number of fused-ring (bicyclic) bond motifs is 1. The van der Waals surface area contributed by atoms with E-state index in [0.29, 0.717) is 13.2 Å². The lowest BCUT2D eigenvalue weighted by molar-refractivity contribution is -0.150. The highest BCUT2D eigenvalue weighted by Crippen LogP contribution is 2.31. The van der Waals surface area contributed by atoms with Crippen molar-refractivity contribution in [3.63, 3.8) is 0 Å². The number of carbonyl (C=O) groups excluding carboxylic acids is 1. The Bertz CT molecular complexity index is 1430. The van der Waals surface area contributed by atoms with E-state index < -0.39 is 0 Å². The molecule has 6 rings (SSSR count). The first-order valence-corrected chi connectivity index (χ1v) is 14.0. The van der Waals surface area contributed by atoms with E-state index in [1.165, 1.54) is 21.6 Å². The molecule has 2 aromatic heterocycles. The monoisotopic (exact) mass is 528 g/mol. The molecule has 0 saturated carbocycles. The number of amides is 1. The second-order valence-electron chi connectivity index (χ2n) is 9.85. The minimum Gasteiger partial charge on any atom is -0.380 e. The smallest absolute Gasteiger partial charge is 0.230 e. The lowest BCUT2D eigenvalue weighted by Gasteiger charge is -2.39. The molecular formula is C29H32N6O2S. The van der Waals surface area contributed by atoms with Crippen molar-refractivity contribution in [1.82, 2.24) is 20.4 Å². The van der Waals surface area contributed by atoms with Crippen LogP contribution in [0, 0.1) is 5.92 Å². The summed E-state index contributed by atoms with van der Waals surface area (Å²) in [6.45, 7) is 5.82. The number of thiophene rings is 1. The molecule has 4 heterocycles. The zero-order valence-electron chi connectivity index (χ0n) is 21.5. The predicted molar refractivity (Wildman–Crippen MR) is 152 cm³/mol. The highest BCUT2D eigenvalue weighted by Gasteiger charge is 2.32. The third-order valence-electron chi connectivity index (χ3n) is 7.37. The average molecular weight is 529 g/mol. The summed E-state index contributed by atoms with van der Waals surface area (Å²) in [6.07, 6.45) is 1.81. The largest absolute Gasteiger partial charge is 0.380 e. The summed E-state index contributed by atoms with van der Waals surface area (Å²) in [5.41, 5.74) is 6.80. The maximum Gasteiger partial charge on any atom is 0.230 e. The number of carbonyl (C=O) groups is 1. The van der Waals surface area contributed by atoms with E-state index in [4.69, 9.17) is 4.74 Å². The van der Waals surface area contributed by atoms with Crippen LogP contribution in [-0.4, -0.2) is 67.4 Å². The number of nitrogens with zero attached hydrogens (tertiary/aromatic N) is 4.